The van der Waals surface area contributed by atoms with Crippen LogP contribution in [0, 0.1) is 11.7 Å². The van der Waals surface area contributed by atoms with E-state index in [1.54, 1.807) is 6.07 Å². The molecule has 1 unspecified atom stereocenters. The van der Waals surface area contributed by atoms with Crippen molar-refractivity contribution in [1.29, 1.82) is 0 Å². The summed E-state index contributed by atoms with van der Waals surface area (Å²) >= 11 is 6.47. The van der Waals surface area contributed by atoms with E-state index in [9.17, 15) is 9.50 Å². The van der Waals surface area contributed by atoms with E-state index in [0.717, 1.165) is 31.2 Å². The number of anilines is 2. The van der Waals surface area contributed by atoms with Crippen molar-refractivity contribution in [2.75, 3.05) is 17.7 Å². The lowest BCUT2D eigenvalue weighted by atomic mass is 10.0. The molecular formula is C22H23ClFN5O3. The van der Waals surface area contributed by atoms with Crippen molar-refractivity contribution in [2.24, 2.45) is 5.92 Å². The molecule has 2 fully saturated rings. The lowest BCUT2D eigenvalue weighted by Crippen LogP contribution is -2.30. The van der Waals surface area contributed by atoms with Gasteiger partial charge in [-0.15, -0.1) is 0 Å². The molecule has 3 aliphatic rings. The van der Waals surface area contributed by atoms with E-state index in [1.807, 2.05) is 6.07 Å². The van der Waals surface area contributed by atoms with Gasteiger partial charge in [-0.25, -0.2) is 9.37 Å². The Balaban J connectivity index is 1.23. The van der Waals surface area contributed by atoms with Gasteiger partial charge >= 0.3 is 0 Å². The number of fused-ring (bicyclic) bond motifs is 3. The maximum absolute atomic E-state index is 14.5. The van der Waals surface area contributed by atoms with Crippen molar-refractivity contribution in [3.63, 3.8) is 0 Å². The molecule has 168 valence electrons. The van der Waals surface area contributed by atoms with Crippen LogP contribution in [0.2, 0.25) is 5.02 Å². The molecule has 2 aromatic heterocycles. The molecule has 5 atom stereocenters. The van der Waals surface area contributed by atoms with Gasteiger partial charge in [-0.3, -0.25) is 0 Å². The maximum Gasteiger partial charge on any atom is 0.296 e. The van der Waals surface area contributed by atoms with Crippen LogP contribution in [0.1, 0.15) is 36.4 Å². The van der Waals surface area contributed by atoms with Gasteiger partial charge in [0.05, 0.1) is 35.4 Å². The Hall–Kier alpha value is -2.62. The SMILES string of the molecule is Nc1cc(F)c2c(c1)CC[C@@H]2Nc1nc2nc(O[C@@H]3CCC4[C@H](O)CO[C@@H]43)[nH]c2cc1Cl. The number of aliphatic hydroxyl groups excluding tert-OH is 1. The minimum absolute atomic E-state index is 0.109. The van der Waals surface area contributed by atoms with Crippen molar-refractivity contribution < 1.29 is 19.0 Å². The summed E-state index contributed by atoms with van der Waals surface area (Å²) < 4.78 is 26.3. The van der Waals surface area contributed by atoms with Crippen molar-refractivity contribution in [3.8, 4) is 6.01 Å². The summed E-state index contributed by atoms with van der Waals surface area (Å²) in [4.78, 5) is 12.1. The van der Waals surface area contributed by atoms with E-state index in [1.165, 1.54) is 6.07 Å². The highest BCUT2D eigenvalue weighted by Crippen LogP contribution is 2.40. The summed E-state index contributed by atoms with van der Waals surface area (Å²) in [6.45, 7) is 0.346. The smallest absolute Gasteiger partial charge is 0.296 e. The maximum atomic E-state index is 14.5. The summed E-state index contributed by atoms with van der Waals surface area (Å²) in [6.07, 6.45) is 2.38. The predicted molar refractivity (Wildman–Crippen MR) is 117 cm³/mol. The zero-order valence-corrected chi connectivity index (χ0v) is 17.9. The summed E-state index contributed by atoms with van der Waals surface area (Å²) in [5.41, 5.74) is 8.80. The molecule has 1 aliphatic heterocycles. The third-order valence-electron chi connectivity index (χ3n) is 6.79. The molecule has 8 nitrogen and oxygen atoms in total. The fourth-order valence-electron chi connectivity index (χ4n) is 5.31. The first kappa shape index (κ1) is 20.0. The van der Waals surface area contributed by atoms with Gasteiger partial charge in [-0.1, -0.05) is 11.6 Å². The Morgan fingerprint density at radius 3 is 3.00 bits per heavy atom. The summed E-state index contributed by atoms with van der Waals surface area (Å²) in [5, 5.41) is 13.7. The average Bonchev–Trinajstić information content (AvgIpc) is 3.49. The second-order valence-electron chi connectivity index (χ2n) is 8.81. The van der Waals surface area contributed by atoms with Gasteiger partial charge in [0.1, 0.15) is 17.7 Å². The van der Waals surface area contributed by atoms with Crippen LogP contribution in [-0.4, -0.2) is 45.0 Å². The number of benzene rings is 1. The monoisotopic (exact) mass is 459 g/mol. The number of aromatic amines is 1. The molecule has 5 N–H and O–H groups in total. The number of nitrogen functional groups attached to an aromatic ring is 1. The van der Waals surface area contributed by atoms with Crippen molar-refractivity contribution in [2.45, 2.75) is 50.0 Å². The third kappa shape index (κ3) is 3.27. The molecule has 32 heavy (non-hydrogen) atoms. The third-order valence-corrected chi connectivity index (χ3v) is 7.08. The molecule has 1 saturated heterocycles. The quantitative estimate of drug-likeness (QED) is 0.442. The molecule has 0 bridgehead atoms. The summed E-state index contributed by atoms with van der Waals surface area (Å²) in [7, 11) is 0. The number of halogens is 2. The Morgan fingerprint density at radius 1 is 1.25 bits per heavy atom. The lowest BCUT2D eigenvalue weighted by Gasteiger charge is -2.17. The largest absolute Gasteiger partial charge is 0.459 e. The van der Waals surface area contributed by atoms with Gasteiger partial charge in [-0.05, 0) is 49.4 Å². The Morgan fingerprint density at radius 2 is 2.12 bits per heavy atom. The van der Waals surface area contributed by atoms with E-state index in [0.29, 0.717) is 45.9 Å². The average molecular weight is 460 g/mol. The number of aryl methyl sites for hydroxylation is 1. The van der Waals surface area contributed by atoms with Crippen LogP contribution in [0.4, 0.5) is 15.9 Å². The summed E-state index contributed by atoms with van der Waals surface area (Å²) in [5.74, 6) is 0.226. The van der Waals surface area contributed by atoms with Gasteiger partial charge in [0, 0.05) is 17.2 Å². The number of nitrogens with one attached hydrogen (secondary N) is 2. The molecule has 0 spiro atoms. The number of aromatic nitrogens is 3. The van der Waals surface area contributed by atoms with Gasteiger partial charge < -0.3 is 30.6 Å². The van der Waals surface area contributed by atoms with E-state index >= 15 is 0 Å². The Bertz CT molecular complexity index is 1200. The molecule has 3 heterocycles. The highest BCUT2D eigenvalue weighted by atomic mass is 35.5. The molecule has 1 saturated carbocycles. The molecule has 2 aliphatic carbocycles. The number of hydrogen-bond donors (Lipinski definition) is 4. The van der Waals surface area contributed by atoms with Crippen molar-refractivity contribution in [1.82, 2.24) is 15.0 Å². The van der Waals surface area contributed by atoms with Crippen LogP contribution in [0.25, 0.3) is 11.2 Å². The number of H-pyrrole nitrogens is 1. The number of aliphatic hydroxyl groups is 1. The molecule has 1 aromatic carbocycles. The van der Waals surface area contributed by atoms with E-state index in [2.05, 4.69) is 20.3 Å². The predicted octanol–water partition coefficient (Wildman–Crippen LogP) is 3.35. The highest BCUT2D eigenvalue weighted by molar-refractivity contribution is 6.33. The van der Waals surface area contributed by atoms with Crippen molar-refractivity contribution >= 4 is 34.3 Å². The molecule has 6 rings (SSSR count). The highest BCUT2D eigenvalue weighted by Gasteiger charge is 2.47. The van der Waals surface area contributed by atoms with Gasteiger partial charge in [-0.2, -0.15) is 4.98 Å². The number of pyridine rings is 1. The number of hydrogen-bond acceptors (Lipinski definition) is 7. The van der Waals surface area contributed by atoms with E-state index < -0.39 is 6.10 Å². The fourth-order valence-corrected chi connectivity index (χ4v) is 5.51. The van der Waals surface area contributed by atoms with Crippen LogP contribution < -0.4 is 15.8 Å². The number of nitrogens with two attached hydrogens (primary N) is 1. The molecule has 0 radical (unpaired) electrons. The minimum atomic E-state index is -0.430. The second-order valence-corrected chi connectivity index (χ2v) is 9.21. The first-order valence-corrected chi connectivity index (χ1v) is 11.2. The number of imidazole rings is 1. The zero-order valence-electron chi connectivity index (χ0n) is 17.1. The number of rotatable bonds is 4. The normalized spacial score (nSPS) is 28.8. The minimum Gasteiger partial charge on any atom is -0.459 e. The first-order chi connectivity index (χ1) is 15.5. The van der Waals surface area contributed by atoms with Crippen LogP contribution in [-0.2, 0) is 11.2 Å². The van der Waals surface area contributed by atoms with Crippen LogP contribution >= 0.6 is 11.6 Å². The molecule has 3 aromatic rings. The summed E-state index contributed by atoms with van der Waals surface area (Å²) in [6, 6.07) is 4.98. The van der Waals surface area contributed by atoms with E-state index in [4.69, 9.17) is 26.8 Å². The van der Waals surface area contributed by atoms with Crippen molar-refractivity contribution in [3.05, 3.63) is 40.2 Å². The topological polar surface area (TPSA) is 118 Å². The van der Waals surface area contributed by atoms with Gasteiger partial charge in [0.25, 0.3) is 6.01 Å². The number of nitrogens with zero attached hydrogens (tertiary/aromatic N) is 2. The Kier molecular flexibility index (Phi) is 4.67. The van der Waals surface area contributed by atoms with E-state index in [-0.39, 0.29) is 30.0 Å². The zero-order chi connectivity index (χ0) is 22.0. The first-order valence-electron chi connectivity index (χ1n) is 10.8. The van der Waals surface area contributed by atoms with Crippen LogP contribution in [0.3, 0.4) is 0 Å². The molecule has 0 amide bonds. The second kappa shape index (κ2) is 7.47. The fraction of sp³-hybridized carbons (Fsp3) is 0.455. The number of ether oxygens (including phenoxy) is 2. The molecular weight excluding hydrogens is 437 g/mol. The van der Waals surface area contributed by atoms with Gasteiger partial charge in [0.15, 0.2) is 5.65 Å². The lowest BCUT2D eigenvalue weighted by molar-refractivity contribution is 0.0135. The van der Waals surface area contributed by atoms with Gasteiger partial charge in [0.2, 0.25) is 0 Å². The van der Waals surface area contributed by atoms with Crippen LogP contribution in [0.15, 0.2) is 18.2 Å². The Labute approximate surface area is 188 Å². The van der Waals surface area contributed by atoms with Crippen LogP contribution in [0.5, 0.6) is 6.01 Å². The molecule has 10 heteroatoms. The standard InChI is InChI=1S/C22H23ClFN5O3/c23-12-7-15-21(29-22(27-15)32-17-4-2-11-16(30)8-31-19(11)17)28-20(12)26-14-3-1-9-5-10(25)6-13(24)18(9)14/h5-7,11,14,16-17,19,30H,1-4,8,25H2,(H2,26,27,28,29)/t11?,14-,16+,17+,19-/m0/s1.